The Morgan fingerprint density at radius 2 is 2.06 bits per heavy atom. The van der Waals surface area contributed by atoms with Crippen LogP contribution in [0.25, 0.3) is 0 Å². The van der Waals surface area contributed by atoms with Gasteiger partial charge in [-0.15, -0.1) is 0 Å². The van der Waals surface area contributed by atoms with Crippen LogP contribution in [-0.4, -0.2) is 39.9 Å². The van der Waals surface area contributed by atoms with Crippen molar-refractivity contribution in [3.8, 4) is 11.8 Å². The van der Waals surface area contributed by atoms with Gasteiger partial charge in [-0.2, -0.15) is 14.8 Å². The zero-order valence-electron chi connectivity index (χ0n) is 17.4. The van der Waals surface area contributed by atoms with Crippen molar-refractivity contribution in [3.63, 3.8) is 0 Å². The topological polar surface area (TPSA) is 92.8 Å². The summed E-state index contributed by atoms with van der Waals surface area (Å²) in [5, 5.41) is 15.7. The average molecular weight is 461 g/mol. The summed E-state index contributed by atoms with van der Waals surface area (Å²) in [5.41, 5.74) is 1.16. The van der Waals surface area contributed by atoms with Crippen LogP contribution in [0.5, 0.6) is 5.75 Å². The number of hydrogen-bond acceptors (Lipinski definition) is 5. The lowest BCUT2D eigenvalue weighted by Gasteiger charge is -2.15. The molecule has 3 aromatic rings. The molecule has 2 heterocycles. The Kier molecular flexibility index (Phi) is 7.61. The lowest BCUT2D eigenvalue weighted by atomic mass is 10.1. The number of alkyl halides is 3. The molecule has 0 aliphatic heterocycles. The highest BCUT2D eigenvalue weighted by atomic mass is 19.2. The minimum Gasteiger partial charge on any atom is -0.457 e. The van der Waals surface area contributed by atoms with Gasteiger partial charge in [-0.1, -0.05) is 12.1 Å². The Morgan fingerprint density at radius 1 is 1.27 bits per heavy atom. The quantitative estimate of drug-likeness (QED) is 0.490. The molecule has 172 valence electrons. The van der Waals surface area contributed by atoms with E-state index in [1.165, 1.54) is 22.9 Å². The SMILES string of the molecule is Cc1cc(CC(=O)Nc2ccn(Cc3ccc(F)c(C#N)n3)n2)ccc1OC(F)C(F)CF. The number of benzene rings is 1. The number of nitrogens with zero attached hydrogens (tertiary/aromatic N) is 4. The maximum absolute atomic E-state index is 13.5. The van der Waals surface area contributed by atoms with E-state index in [1.807, 2.05) is 0 Å². The van der Waals surface area contributed by atoms with Gasteiger partial charge in [-0.3, -0.25) is 9.48 Å². The third-order valence-electron chi connectivity index (χ3n) is 4.52. The Bertz CT molecular complexity index is 1180. The number of amides is 1. The molecule has 7 nitrogen and oxygen atoms in total. The van der Waals surface area contributed by atoms with Crippen molar-refractivity contribution in [2.24, 2.45) is 0 Å². The highest BCUT2D eigenvalue weighted by Gasteiger charge is 2.22. The van der Waals surface area contributed by atoms with E-state index in [9.17, 15) is 22.4 Å². The normalized spacial score (nSPS) is 12.6. The number of aromatic nitrogens is 3. The van der Waals surface area contributed by atoms with Crippen molar-refractivity contribution in [1.29, 1.82) is 5.26 Å². The zero-order chi connectivity index (χ0) is 24.0. The second kappa shape index (κ2) is 10.6. The van der Waals surface area contributed by atoms with Crippen molar-refractivity contribution in [2.75, 3.05) is 12.0 Å². The number of carbonyl (C=O) groups excluding carboxylic acids is 1. The molecule has 0 radical (unpaired) electrons. The average Bonchev–Trinajstić information content (AvgIpc) is 3.22. The summed E-state index contributed by atoms with van der Waals surface area (Å²) in [5.74, 6) is -0.750. The fourth-order valence-corrected chi connectivity index (χ4v) is 2.92. The molecule has 0 saturated carbocycles. The van der Waals surface area contributed by atoms with Gasteiger partial charge in [-0.25, -0.2) is 18.2 Å². The standard InChI is InChI=1S/C22H19F4N5O2/c1-13-8-14(2-5-19(13)33-22(26)17(25)10-23)9-21(32)29-20-6-7-31(30-20)12-15-3-4-16(24)18(11-27)28-15/h2-8,17,22H,9-10,12H2,1H3,(H,29,30,32). The number of halogens is 4. The largest absolute Gasteiger partial charge is 0.457 e. The Hall–Kier alpha value is -3.94. The second-order valence-corrected chi connectivity index (χ2v) is 7.11. The summed E-state index contributed by atoms with van der Waals surface area (Å²) < 4.78 is 58.3. The molecule has 0 spiro atoms. The van der Waals surface area contributed by atoms with E-state index in [4.69, 9.17) is 10.00 Å². The number of nitrogens with one attached hydrogen (secondary N) is 1. The smallest absolute Gasteiger partial charge is 0.271 e. The number of nitriles is 1. The van der Waals surface area contributed by atoms with E-state index < -0.39 is 25.0 Å². The summed E-state index contributed by atoms with van der Waals surface area (Å²) in [6.07, 6.45) is -3.23. The van der Waals surface area contributed by atoms with Crippen molar-refractivity contribution in [2.45, 2.75) is 32.4 Å². The molecular weight excluding hydrogens is 442 g/mol. The summed E-state index contributed by atoms with van der Waals surface area (Å²) in [7, 11) is 0. The van der Waals surface area contributed by atoms with Gasteiger partial charge < -0.3 is 10.1 Å². The van der Waals surface area contributed by atoms with E-state index in [-0.39, 0.29) is 36.1 Å². The molecule has 0 bridgehead atoms. The molecule has 2 unspecified atom stereocenters. The first-order valence-electron chi connectivity index (χ1n) is 9.78. The predicted molar refractivity (Wildman–Crippen MR) is 110 cm³/mol. The first-order valence-corrected chi connectivity index (χ1v) is 9.78. The third-order valence-corrected chi connectivity index (χ3v) is 4.52. The van der Waals surface area contributed by atoms with Crippen molar-refractivity contribution in [3.05, 3.63) is 70.9 Å². The van der Waals surface area contributed by atoms with Crippen LogP contribution in [-0.2, 0) is 17.8 Å². The van der Waals surface area contributed by atoms with Crippen molar-refractivity contribution >= 4 is 11.7 Å². The Morgan fingerprint density at radius 3 is 2.76 bits per heavy atom. The van der Waals surface area contributed by atoms with Gasteiger partial charge >= 0.3 is 0 Å². The minimum atomic E-state index is -2.42. The summed E-state index contributed by atoms with van der Waals surface area (Å²) in [6, 6.07) is 10.3. The van der Waals surface area contributed by atoms with Gasteiger partial charge in [-0.05, 0) is 36.2 Å². The molecule has 1 amide bonds. The van der Waals surface area contributed by atoms with E-state index in [0.717, 1.165) is 6.07 Å². The molecule has 1 N–H and O–H groups in total. The number of anilines is 1. The second-order valence-electron chi connectivity index (χ2n) is 7.11. The lowest BCUT2D eigenvalue weighted by Crippen LogP contribution is -2.25. The first kappa shape index (κ1) is 23.7. The molecule has 11 heteroatoms. The van der Waals surface area contributed by atoms with E-state index in [2.05, 4.69) is 15.4 Å². The molecule has 33 heavy (non-hydrogen) atoms. The fourth-order valence-electron chi connectivity index (χ4n) is 2.92. The van der Waals surface area contributed by atoms with Crippen LogP contribution in [0, 0.1) is 24.1 Å². The van der Waals surface area contributed by atoms with Crippen LogP contribution in [0.3, 0.4) is 0 Å². The minimum absolute atomic E-state index is 0.0195. The number of pyridine rings is 1. The summed E-state index contributed by atoms with van der Waals surface area (Å²) >= 11 is 0. The van der Waals surface area contributed by atoms with Gasteiger partial charge in [0.1, 0.15) is 18.5 Å². The number of carbonyl (C=O) groups is 1. The molecular formula is C22H19F4N5O2. The van der Waals surface area contributed by atoms with Gasteiger partial charge in [0.25, 0.3) is 6.36 Å². The predicted octanol–water partition coefficient (Wildman–Crippen LogP) is 3.81. The first-order chi connectivity index (χ1) is 15.8. The number of aryl methyl sites for hydroxylation is 1. The number of hydrogen-bond donors (Lipinski definition) is 1. The molecule has 0 fully saturated rings. The summed E-state index contributed by atoms with van der Waals surface area (Å²) in [4.78, 5) is 16.2. The third kappa shape index (κ3) is 6.29. The monoisotopic (exact) mass is 461 g/mol. The molecule has 3 rings (SSSR count). The molecule has 2 aromatic heterocycles. The lowest BCUT2D eigenvalue weighted by molar-refractivity contribution is -0.115. The summed E-state index contributed by atoms with van der Waals surface area (Å²) in [6.45, 7) is 0.272. The van der Waals surface area contributed by atoms with Crippen LogP contribution in [0.4, 0.5) is 23.4 Å². The van der Waals surface area contributed by atoms with E-state index in [1.54, 1.807) is 31.3 Å². The van der Waals surface area contributed by atoms with Gasteiger partial charge in [0.15, 0.2) is 23.5 Å². The molecule has 0 aliphatic carbocycles. The maximum Gasteiger partial charge on any atom is 0.271 e. The van der Waals surface area contributed by atoms with Gasteiger partial charge in [0.2, 0.25) is 5.91 Å². The fraction of sp³-hybridized carbons (Fsp3) is 0.273. The molecule has 2 atom stereocenters. The highest BCUT2D eigenvalue weighted by molar-refractivity contribution is 5.91. The highest BCUT2D eigenvalue weighted by Crippen LogP contribution is 2.23. The van der Waals surface area contributed by atoms with Crippen LogP contribution in [0.2, 0.25) is 0 Å². The molecule has 0 saturated heterocycles. The Balaban J connectivity index is 1.57. The van der Waals surface area contributed by atoms with Crippen LogP contribution < -0.4 is 10.1 Å². The maximum atomic E-state index is 13.5. The molecule has 0 aliphatic rings. The number of rotatable bonds is 9. The number of ether oxygens (including phenoxy) is 1. The van der Waals surface area contributed by atoms with Crippen LogP contribution >= 0.6 is 0 Å². The van der Waals surface area contributed by atoms with Crippen molar-refractivity contribution in [1.82, 2.24) is 14.8 Å². The van der Waals surface area contributed by atoms with Crippen LogP contribution in [0.1, 0.15) is 22.5 Å². The van der Waals surface area contributed by atoms with E-state index in [0.29, 0.717) is 16.8 Å². The van der Waals surface area contributed by atoms with Crippen LogP contribution in [0.15, 0.2) is 42.6 Å². The van der Waals surface area contributed by atoms with E-state index >= 15 is 0 Å². The zero-order valence-corrected chi connectivity index (χ0v) is 17.4. The van der Waals surface area contributed by atoms with Gasteiger partial charge in [0, 0.05) is 12.3 Å². The van der Waals surface area contributed by atoms with Gasteiger partial charge in [0.05, 0.1) is 18.7 Å². The molecule has 1 aromatic carbocycles. The van der Waals surface area contributed by atoms with Crippen molar-refractivity contribution < 1.29 is 27.1 Å². The Labute approximate surface area is 186 Å².